The summed E-state index contributed by atoms with van der Waals surface area (Å²) in [7, 11) is 0. The molecule has 0 aromatic heterocycles. The van der Waals surface area contributed by atoms with Crippen LogP contribution < -0.4 is 4.74 Å². The van der Waals surface area contributed by atoms with Gasteiger partial charge in [0.15, 0.2) is 0 Å². The van der Waals surface area contributed by atoms with Crippen LogP contribution in [0.5, 0.6) is 5.75 Å². The average molecular weight is 465 g/mol. The predicted octanol–water partition coefficient (Wildman–Crippen LogP) is 9.40. The highest BCUT2D eigenvalue weighted by molar-refractivity contribution is 5.65. The Morgan fingerprint density at radius 3 is 1.77 bits per heavy atom. The first kappa shape index (κ1) is 25.1. The average Bonchev–Trinajstić information content (AvgIpc) is 2.92. The fourth-order valence-corrected chi connectivity index (χ4v) is 5.08. The number of rotatable bonds is 9. The van der Waals surface area contributed by atoms with Crippen LogP contribution in [0.1, 0.15) is 94.2 Å². The summed E-state index contributed by atoms with van der Waals surface area (Å²) in [5.41, 5.74) is 6.03. The molecule has 3 aromatic rings. The number of ether oxygens (including phenoxy) is 1. The molecule has 35 heavy (non-hydrogen) atoms. The van der Waals surface area contributed by atoms with Gasteiger partial charge in [-0.05, 0) is 97.0 Å². The molecule has 4 rings (SSSR count). The highest BCUT2D eigenvalue weighted by Crippen LogP contribution is 2.37. The van der Waals surface area contributed by atoms with Crippen molar-refractivity contribution in [1.29, 1.82) is 0 Å². The van der Waals surface area contributed by atoms with Crippen LogP contribution in [0.25, 0.3) is 11.1 Å². The van der Waals surface area contributed by atoms with Crippen LogP contribution in [-0.4, -0.2) is 6.61 Å². The van der Waals surface area contributed by atoms with E-state index in [-0.39, 0.29) is 0 Å². The summed E-state index contributed by atoms with van der Waals surface area (Å²) in [6.07, 6.45) is 11.9. The molecule has 0 amide bonds. The molecule has 0 saturated heterocycles. The topological polar surface area (TPSA) is 9.23 Å². The second kappa shape index (κ2) is 13.2. The Balaban J connectivity index is 1.31. The summed E-state index contributed by atoms with van der Waals surface area (Å²) in [4.78, 5) is 0. The lowest BCUT2D eigenvalue weighted by Crippen LogP contribution is -2.13. The van der Waals surface area contributed by atoms with Crippen molar-refractivity contribution in [2.24, 2.45) is 5.92 Å². The zero-order chi connectivity index (χ0) is 24.3. The summed E-state index contributed by atoms with van der Waals surface area (Å²) < 4.78 is 5.77. The van der Waals surface area contributed by atoms with Crippen LogP contribution in [0.15, 0.2) is 72.8 Å². The second-order valence-corrected chi connectivity index (χ2v) is 10.0. The lowest BCUT2D eigenvalue weighted by atomic mass is 9.77. The van der Waals surface area contributed by atoms with E-state index in [4.69, 9.17) is 4.74 Å². The number of benzene rings is 3. The van der Waals surface area contributed by atoms with Gasteiger partial charge >= 0.3 is 0 Å². The van der Waals surface area contributed by atoms with Gasteiger partial charge < -0.3 is 4.74 Å². The molecule has 1 saturated carbocycles. The number of unbranched alkanes of at least 4 members (excludes halogenated alkanes) is 2. The number of hydrogen-bond acceptors (Lipinski definition) is 1. The van der Waals surface area contributed by atoms with Gasteiger partial charge in [-0.3, -0.25) is 0 Å². The predicted molar refractivity (Wildman–Crippen MR) is 149 cm³/mol. The fourth-order valence-electron chi connectivity index (χ4n) is 5.08. The Bertz CT molecular complexity index is 1070. The molecular formula is C34H40O. The molecule has 0 heterocycles. The summed E-state index contributed by atoms with van der Waals surface area (Å²) in [5.74, 6) is 9.32. The Labute approximate surface area is 212 Å². The minimum atomic E-state index is 0.736. The molecule has 1 heteroatoms. The first-order valence-corrected chi connectivity index (χ1v) is 13.7. The maximum Gasteiger partial charge on any atom is 0.119 e. The molecule has 0 aliphatic heterocycles. The van der Waals surface area contributed by atoms with Crippen LogP contribution in [0.4, 0.5) is 0 Å². The van der Waals surface area contributed by atoms with Gasteiger partial charge in [0.05, 0.1) is 6.61 Å². The molecule has 1 nitrogen and oxygen atoms in total. The molecule has 182 valence electrons. The lowest BCUT2D eigenvalue weighted by Gasteiger charge is -2.28. The summed E-state index contributed by atoms with van der Waals surface area (Å²) >= 11 is 0. The molecule has 0 unspecified atom stereocenters. The summed E-state index contributed by atoms with van der Waals surface area (Å²) in [6.45, 7) is 5.26. The largest absolute Gasteiger partial charge is 0.494 e. The molecule has 1 fully saturated rings. The van der Waals surface area contributed by atoms with Crippen LogP contribution in [0.3, 0.4) is 0 Å². The molecule has 0 atom stereocenters. The minimum Gasteiger partial charge on any atom is -0.494 e. The molecule has 0 spiro atoms. The maximum absolute atomic E-state index is 5.77. The van der Waals surface area contributed by atoms with E-state index >= 15 is 0 Å². The Hall–Kier alpha value is -2.98. The standard InChI is InChI=1S/C34H40O/c1-3-5-7-27-10-16-30(17-11-27)31-18-12-28(13-19-31)8-9-29-14-20-32(21-15-29)33-22-24-34(25-23-33)35-26-6-4-2/h12-15,18-25,27,30H,3-7,10-11,16-17,26H2,1-2H3. The molecule has 0 bridgehead atoms. The van der Waals surface area contributed by atoms with Gasteiger partial charge in [-0.2, -0.15) is 0 Å². The monoisotopic (exact) mass is 464 g/mol. The third kappa shape index (κ3) is 7.50. The van der Waals surface area contributed by atoms with Gasteiger partial charge in [0.25, 0.3) is 0 Å². The highest BCUT2D eigenvalue weighted by atomic mass is 16.5. The Morgan fingerprint density at radius 2 is 1.20 bits per heavy atom. The maximum atomic E-state index is 5.77. The first-order chi connectivity index (χ1) is 17.2. The quantitative estimate of drug-likeness (QED) is 0.226. The molecule has 0 N–H and O–H groups in total. The fraction of sp³-hybridized carbons (Fsp3) is 0.412. The van der Waals surface area contributed by atoms with E-state index < -0.39 is 0 Å². The zero-order valence-electron chi connectivity index (χ0n) is 21.6. The van der Waals surface area contributed by atoms with E-state index in [1.807, 2.05) is 0 Å². The normalized spacial score (nSPS) is 17.4. The van der Waals surface area contributed by atoms with Crippen molar-refractivity contribution < 1.29 is 4.74 Å². The van der Waals surface area contributed by atoms with Crippen LogP contribution in [0, 0.1) is 17.8 Å². The van der Waals surface area contributed by atoms with E-state index in [0.29, 0.717) is 0 Å². The van der Waals surface area contributed by atoms with Crippen LogP contribution >= 0.6 is 0 Å². The Kier molecular flexibility index (Phi) is 9.47. The molecule has 0 radical (unpaired) electrons. The van der Waals surface area contributed by atoms with Gasteiger partial charge in [0.1, 0.15) is 5.75 Å². The van der Waals surface area contributed by atoms with Crippen molar-refractivity contribution in [3.63, 3.8) is 0 Å². The van der Waals surface area contributed by atoms with E-state index in [9.17, 15) is 0 Å². The molecule has 3 aromatic carbocycles. The molecule has 1 aliphatic carbocycles. The summed E-state index contributed by atoms with van der Waals surface area (Å²) in [6, 6.07) is 25.9. The lowest BCUT2D eigenvalue weighted by molar-refractivity contribution is 0.304. The van der Waals surface area contributed by atoms with Crippen LogP contribution in [0.2, 0.25) is 0 Å². The second-order valence-electron chi connectivity index (χ2n) is 10.0. The van der Waals surface area contributed by atoms with E-state index in [1.165, 1.54) is 61.6 Å². The van der Waals surface area contributed by atoms with Gasteiger partial charge in [0.2, 0.25) is 0 Å². The number of hydrogen-bond donors (Lipinski definition) is 0. The van der Waals surface area contributed by atoms with Crippen LogP contribution in [-0.2, 0) is 0 Å². The third-order valence-electron chi connectivity index (χ3n) is 7.39. The SMILES string of the molecule is CCCCOc1ccc(-c2ccc(C#Cc3ccc(C4CCC(CCCC)CC4)cc3)cc2)cc1. The van der Waals surface area contributed by atoms with Gasteiger partial charge in [-0.1, -0.05) is 87.8 Å². The van der Waals surface area contributed by atoms with Crippen molar-refractivity contribution in [2.75, 3.05) is 6.61 Å². The zero-order valence-corrected chi connectivity index (χ0v) is 21.6. The molecule has 1 aliphatic rings. The smallest absolute Gasteiger partial charge is 0.119 e. The van der Waals surface area contributed by atoms with Gasteiger partial charge in [0, 0.05) is 11.1 Å². The van der Waals surface area contributed by atoms with Crippen molar-refractivity contribution in [3.8, 4) is 28.7 Å². The van der Waals surface area contributed by atoms with Crippen molar-refractivity contribution in [3.05, 3.63) is 89.5 Å². The molecular weight excluding hydrogens is 424 g/mol. The summed E-state index contributed by atoms with van der Waals surface area (Å²) in [5, 5.41) is 0. The van der Waals surface area contributed by atoms with Crippen molar-refractivity contribution >= 4 is 0 Å². The van der Waals surface area contributed by atoms with E-state index in [1.54, 1.807) is 0 Å². The van der Waals surface area contributed by atoms with Crippen molar-refractivity contribution in [2.45, 2.75) is 77.6 Å². The minimum absolute atomic E-state index is 0.736. The van der Waals surface area contributed by atoms with E-state index in [0.717, 1.165) is 48.2 Å². The first-order valence-electron chi connectivity index (χ1n) is 13.7. The van der Waals surface area contributed by atoms with Gasteiger partial charge in [-0.15, -0.1) is 0 Å². The van der Waals surface area contributed by atoms with Gasteiger partial charge in [-0.25, -0.2) is 0 Å². The Morgan fingerprint density at radius 1 is 0.657 bits per heavy atom. The third-order valence-corrected chi connectivity index (χ3v) is 7.39. The van der Waals surface area contributed by atoms with Crippen molar-refractivity contribution in [1.82, 2.24) is 0 Å². The van der Waals surface area contributed by atoms with E-state index in [2.05, 4.69) is 98.5 Å². The highest BCUT2D eigenvalue weighted by Gasteiger charge is 2.21.